The first kappa shape index (κ1) is 16.8. The summed E-state index contributed by atoms with van der Waals surface area (Å²) in [6.45, 7) is 0. The number of phenolic OH excluding ortho intramolecular Hbond substituents is 2. The van der Waals surface area contributed by atoms with Crippen LogP contribution in [0, 0.1) is 4.77 Å². The maximum Gasteiger partial charge on any atom is 0.573 e. The molecule has 0 fully saturated rings. The van der Waals surface area contributed by atoms with Crippen molar-refractivity contribution < 1.29 is 28.1 Å². The predicted octanol–water partition coefficient (Wildman–Crippen LogP) is 3.91. The van der Waals surface area contributed by atoms with E-state index >= 15 is 0 Å². The summed E-state index contributed by atoms with van der Waals surface area (Å²) in [5.41, 5.74) is 0.691. The number of aromatic nitrogens is 3. The van der Waals surface area contributed by atoms with Crippen LogP contribution in [0.3, 0.4) is 0 Å². The van der Waals surface area contributed by atoms with Crippen LogP contribution in [-0.4, -0.2) is 31.3 Å². The lowest BCUT2D eigenvalue weighted by atomic mass is 10.1. The first-order valence-electron chi connectivity index (χ1n) is 6.80. The van der Waals surface area contributed by atoms with Crippen molar-refractivity contribution in [3.63, 3.8) is 0 Å². The molecule has 130 valence electrons. The van der Waals surface area contributed by atoms with Crippen LogP contribution in [0.5, 0.6) is 17.2 Å². The summed E-state index contributed by atoms with van der Waals surface area (Å²) < 4.78 is 42.1. The highest BCUT2D eigenvalue weighted by atomic mass is 32.1. The summed E-state index contributed by atoms with van der Waals surface area (Å²) in [6.07, 6.45) is -4.78. The smallest absolute Gasteiger partial charge is 0.508 e. The van der Waals surface area contributed by atoms with Gasteiger partial charge >= 0.3 is 6.36 Å². The molecule has 0 aliphatic rings. The van der Waals surface area contributed by atoms with Crippen molar-refractivity contribution in [2.45, 2.75) is 6.36 Å². The van der Waals surface area contributed by atoms with E-state index in [1.807, 2.05) is 0 Å². The van der Waals surface area contributed by atoms with Crippen molar-refractivity contribution in [2.24, 2.45) is 0 Å². The average molecular weight is 369 g/mol. The molecule has 3 rings (SSSR count). The van der Waals surface area contributed by atoms with Gasteiger partial charge in [0.05, 0.1) is 11.3 Å². The molecule has 0 unspecified atom stereocenters. The van der Waals surface area contributed by atoms with Gasteiger partial charge in [-0.25, -0.2) is 0 Å². The van der Waals surface area contributed by atoms with Crippen molar-refractivity contribution >= 4 is 12.2 Å². The van der Waals surface area contributed by atoms with E-state index in [-0.39, 0.29) is 33.4 Å². The molecule has 0 bridgehead atoms. The number of nitrogens with one attached hydrogen (secondary N) is 1. The van der Waals surface area contributed by atoms with Crippen LogP contribution in [-0.2, 0) is 0 Å². The quantitative estimate of drug-likeness (QED) is 0.610. The topological polar surface area (TPSA) is 83.3 Å². The second kappa shape index (κ2) is 6.13. The van der Waals surface area contributed by atoms with Crippen LogP contribution >= 0.6 is 12.2 Å². The highest BCUT2D eigenvalue weighted by molar-refractivity contribution is 7.71. The number of aromatic hydroxyl groups is 2. The van der Waals surface area contributed by atoms with Crippen LogP contribution in [0.15, 0.2) is 42.5 Å². The molecular formula is C15H10F3N3O3S. The summed E-state index contributed by atoms with van der Waals surface area (Å²) in [7, 11) is 0. The summed E-state index contributed by atoms with van der Waals surface area (Å²) in [4.78, 5) is 0. The monoisotopic (exact) mass is 369 g/mol. The summed E-state index contributed by atoms with van der Waals surface area (Å²) >= 11 is 5.15. The molecule has 0 saturated carbocycles. The van der Waals surface area contributed by atoms with Gasteiger partial charge in [0.2, 0.25) is 0 Å². The molecule has 6 nitrogen and oxygen atoms in total. The molecular weight excluding hydrogens is 359 g/mol. The van der Waals surface area contributed by atoms with E-state index in [2.05, 4.69) is 14.9 Å². The third-order valence-corrected chi connectivity index (χ3v) is 3.50. The highest BCUT2D eigenvalue weighted by Gasteiger charge is 2.31. The number of phenols is 2. The second-order valence-electron chi connectivity index (χ2n) is 4.93. The number of benzene rings is 2. The number of H-pyrrole nitrogens is 1. The second-order valence-corrected chi connectivity index (χ2v) is 5.32. The third-order valence-electron chi connectivity index (χ3n) is 3.22. The molecule has 0 aliphatic carbocycles. The van der Waals surface area contributed by atoms with Crippen LogP contribution in [0.4, 0.5) is 13.2 Å². The van der Waals surface area contributed by atoms with Crippen molar-refractivity contribution in [1.29, 1.82) is 0 Å². The third kappa shape index (κ3) is 3.58. The minimum Gasteiger partial charge on any atom is -0.508 e. The van der Waals surface area contributed by atoms with E-state index in [0.29, 0.717) is 5.69 Å². The van der Waals surface area contributed by atoms with Gasteiger partial charge in [-0.2, -0.15) is 5.10 Å². The Morgan fingerprint density at radius 2 is 1.76 bits per heavy atom. The van der Waals surface area contributed by atoms with E-state index in [0.717, 1.165) is 18.2 Å². The van der Waals surface area contributed by atoms with Gasteiger partial charge in [-0.15, -0.1) is 13.2 Å². The van der Waals surface area contributed by atoms with Gasteiger partial charge in [0, 0.05) is 6.07 Å². The number of ether oxygens (including phenoxy) is 1. The van der Waals surface area contributed by atoms with E-state index in [4.69, 9.17) is 12.2 Å². The fraction of sp³-hybridized carbons (Fsp3) is 0.0667. The Balaban J connectivity index is 2.04. The zero-order valence-corrected chi connectivity index (χ0v) is 13.1. The minimum atomic E-state index is -4.78. The maximum atomic E-state index is 12.2. The zero-order chi connectivity index (χ0) is 18.2. The van der Waals surface area contributed by atoms with Gasteiger partial charge in [0.15, 0.2) is 10.6 Å². The van der Waals surface area contributed by atoms with E-state index in [1.165, 1.54) is 28.8 Å². The fourth-order valence-electron chi connectivity index (χ4n) is 2.22. The zero-order valence-electron chi connectivity index (χ0n) is 12.3. The number of halogens is 3. The molecule has 0 amide bonds. The van der Waals surface area contributed by atoms with Gasteiger partial charge in [0.1, 0.15) is 17.2 Å². The maximum absolute atomic E-state index is 12.2. The molecule has 0 aliphatic heterocycles. The highest BCUT2D eigenvalue weighted by Crippen LogP contribution is 2.32. The number of aromatic amines is 1. The largest absolute Gasteiger partial charge is 0.573 e. The summed E-state index contributed by atoms with van der Waals surface area (Å²) in [6, 6.07) is 8.94. The standard InChI is InChI=1S/C15H10F3N3O3S/c16-15(17,18)24-10-4-1-8(2-5-10)21-13(19-20-14(21)25)11-6-3-9(22)7-12(11)23/h1-7,22-23H,(H,20,25). The molecule has 0 atom stereocenters. The van der Waals surface area contributed by atoms with Crippen LogP contribution in [0.25, 0.3) is 17.1 Å². The molecule has 10 heteroatoms. The van der Waals surface area contributed by atoms with Gasteiger partial charge in [-0.05, 0) is 48.6 Å². The van der Waals surface area contributed by atoms with Crippen LogP contribution in [0.2, 0.25) is 0 Å². The lowest BCUT2D eigenvalue weighted by Gasteiger charge is -2.11. The fourth-order valence-corrected chi connectivity index (χ4v) is 2.46. The van der Waals surface area contributed by atoms with Crippen molar-refractivity contribution in [2.75, 3.05) is 0 Å². The lowest BCUT2D eigenvalue weighted by Crippen LogP contribution is -2.17. The first-order chi connectivity index (χ1) is 11.7. The Hall–Kier alpha value is -3.01. The molecule has 3 N–H and O–H groups in total. The van der Waals surface area contributed by atoms with E-state index < -0.39 is 6.36 Å². The molecule has 1 heterocycles. The van der Waals surface area contributed by atoms with E-state index in [9.17, 15) is 23.4 Å². The molecule has 25 heavy (non-hydrogen) atoms. The van der Waals surface area contributed by atoms with Gasteiger partial charge in [-0.1, -0.05) is 0 Å². The lowest BCUT2D eigenvalue weighted by molar-refractivity contribution is -0.274. The Bertz CT molecular complexity index is 965. The number of hydrogen-bond donors (Lipinski definition) is 3. The van der Waals surface area contributed by atoms with Crippen molar-refractivity contribution in [3.8, 4) is 34.3 Å². The van der Waals surface area contributed by atoms with Crippen LogP contribution in [0.1, 0.15) is 0 Å². The molecule has 3 aromatic rings. The number of alkyl halides is 3. The van der Waals surface area contributed by atoms with Gasteiger partial charge in [-0.3, -0.25) is 9.67 Å². The Labute approximate surface area is 143 Å². The van der Waals surface area contributed by atoms with E-state index in [1.54, 1.807) is 0 Å². The van der Waals surface area contributed by atoms with Gasteiger partial charge in [0.25, 0.3) is 0 Å². The Morgan fingerprint density at radius 1 is 1.08 bits per heavy atom. The summed E-state index contributed by atoms with van der Waals surface area (Å²) in [5.74, 6) is -0.504. The molecule has 2 aromatic carbocycles. The summed E-state index contributed by atoms with van der Waals surface area (Å²) in [5, 5.41) is 26.0. The number of nitrogens with zero attached hydrogens (tertiary/aromatic N) is 2. The minimum absolute atomic E-state index is 0.129. The normalized spacial score (nSPS) is 11.5. The first-order valence-corrected chi connectivity index (χ1v) is 7.21. The average Bonchev–Trinajstić information content (AvgIpc) is 2.88. The SMILES string of the molecule is Oc1ccc(-c2n[nH]c(=S)n2-c2ccc(OC(F)(F)F)cc2)c(O)c1. The van der Waals surface area contributed by atoms with Gasteiger partial charge < -0.3 is 14.9 Å². The number of rotatable bonds is 3. The Kier molecular flexibility index (Phi) is 4.13. The predicted molar refractivity (Wildman–Crippen MR) is 84.2 cm³/mol. The molecule has 0 saturated heterocycles. The van der Waals surface area contributed by atoms with Crippen LogP contribution < -0.4 is 4.74 Å². The van der Waals surface area contributed by atoms with Crippen molar-refractivity contribution in [1.82, 2.24) is 14.8 Å². The molecule has 0 spiro atoms. The number of hydrogen-bond acceptors (Lipinski definition) is 5. The molecule has 0 radical (unpaired) electrons. The van der Waals surface area contributed by atoms with Crippen molar-refractivity contribution in [3.05, 3.63) is 47.2 Å². The molecule has 1 aromatic heterocycles. The Morgan fingerprint density at radius 3 is 2.36 bits per heavy atom.